The molecule has 7 nitrogen and oxygen atoms in total. The average Bonchev–Trinajstić information content (AvgIpc) is 3.06. The van der Waals surface area contributed by atoms with Crippen molar-refractivity contribution in [2.24, 2.45) is 0 Å². The highest BCUT2D eigenvalue weighted by Gasteiger charge is 2.32. The van der Waals surface area contributed by atoms with E-state index in [1.165, 1.54) is 17.4 Å². The van der Waals surface area contributed by atoms with E-state index in [2.05, 4.69) is 15.3 Å². The van der Waals surface area contributed by atoms with Gasteiger partial charge in [0.05, 0.1) is 41.3 Å². The average molecular weight is 498 g/mol. The van der Waals surface area contributed by atoms with Gasteiger partial charge in [0, 0.05) is 18.0 Å². The van der Waals surface area contributed by atoms with Crippen molar-refractivity contribution < 1.29 is 22.7 Å². The Balaban J connectivity index is 1.52. The third-order valence-electron chi connectivity index (χ3n) is 5.32. The maximum atomic E-state index is 13.3. The summed E-state index contributed by atoms with van der Waals surface area (Å²) in [6, 6.07) is 3.37. The highest BCUT2D eigenvalue weighted by molar-refractivity contribution is 7.99. The quantitative estimate of drug-likeness (QED) is 0.397. The molecule has 0 aliphatic carbocycles. The molecule has 1 amide bonds. The number of nitrogens with zero attached hydrogens (tertiary/aromatic N) is 3. The Labute approximate surface area is 196 Å². The van der Waals surface area contributed by atoms with Crippen LogP contribution in [-0.4, -0.2) is 47.9 Å². The summed E-state index contributed by atoms with van der Waals surface area (Å²) in [4.78, 5) is 25.1. The van der Waals surface area contributed by atoms with Gasteiger partial charge < -0.3 is 20.7 Å². The fraction of sp³-hybridized carbons (Fsp3) is 0.381. The smallest absolute Gasteiger partial charge is 0.383 e. The topological polar surface area (TPSA) is 93.4 Å². The Hall–Kier alpha value is -2.57. The van der Waals surface area contributed by atoms with Crippen LogP contribution in [0.25, 0.3) is 10.2 Å². The lowest BCUT2D eigenvalue weighted by molar-refractivity contribution is -0.137. The van der Waals surface area contributed by atoms with Crippen molar-refractivity contribution in [1.29, 1.82) is 0 Å². The number of fused-ring (bicyclic) bond motifs is 1. The number of benzene rings is 1. The Morgan fingerprint density at radius 1 is 1.27 bits per heavy atom. The van der Waals surface area contributed by atoms with Crippen molar-refractivity contribution in [1.82, 2.24) is 9.97 Å². The molecule has 1 aliphatic heterocycles. The lowest BCUT2D eigenvalue weighted by Crippen LogP contribution is -2.37. The van der Waals surface area contributed by atoms with E-state index in [-0.39, 0.29) is 11.4 Å². The van der Waals surface area contributed by atoms with Crippen LogP contribution in [-0.2, 0) is 15.7 Å². The number of aromatic nitrogens is 2. The first-order valence-electron chi connectivity index (χ1n) is 10.1. The maximum absolute atomic E-state index is 13.3. The van der Waals surface area contributed by atoms with E-state index in [0.29, 0.717) is 43.0 Å². The number of thioether (sulfide) groups is 1. The number of nitrogens with two attached hydrogens (primary N) is 1. The summed E-state index contributed by atoms with van der Waals surface area (Å²) < 4.78 is 45.1. The zero-order chi connectivity index (χ0) is 23.8. The fourth-order valence-electron chi connectivity index (χ4n) is 3.53. The van der Waals surface area contributed by atoms with Gasteiger partial charge in [-0.05, 0) is 37.6 Å². The summed E-state index contributed by atoms with van der Waals surface area (Å²) in [6.07, 6.45) is -4.52. The number of hydrogen-bond donors (Lipinski definition) is 2. The molecule has 12 heteroatoms. The van der Waals surface area contributed by atoms with Crippen LogP contribution >= 0.6 is 23.1 Å². The van der Waals surface area contributed by atoms with Crippen LogP contribution in [0, 0.1) is 13.8 Å². The Bertz CT molecular complexity index is 1190. The number of amides is 1. The summed E-state index contributed by atoms with van der Waals surface area (Å²) in [6.45, 7) is 5.91. The van der Waals surface area contributed by atoms with Gasteiger partial charge >= 0.3 is 6.18 Å². The maximum Gasteiger partial charge on any atom is 0.416 e. The molecule has 3 aromatic rings. The van der Waals surface area contributed by atoms with Crippen molar-refractivity contribution >= 4 is 56.4 Å². The summed E-state index contributed by atoms with van der Waals surface area (Å²) in [5.74, 6) is -0.195. The molecular formula is C21H22F3N5O2S2. The molecule has 3 heterocycles. The number of carbonyl (C=O) groups excluding carboxylic acids is 1. The molecule has 1 saturated heterocycles. The molecule has 1 aliphatic rings. The van der Waals surface area contributed by atoms with Crippen LogP contribution in [0.3, 0.4) is 0 Å². The number of thiophene rings is 1. The number of nitrogens with one attached hydrogen (secondary N) is 1. The van der Waals surface area contributed by atoms with Crippen molar-refractivity contribution in [3.05, 3.63) is 34.2 Å². The van der Waals surface area contributed by atoms with Gasteiger partial charge in [0.15, 0.2) is 5.16 Å². The number of ether oxygens (including phenoxy) is 1. The van der Waals surface area contributed by atoms with Crippen molar-refractivity contribution in [3.8, 4) is 0 Å². The number of carbonyl (C=O) groups is 1. The second-order valence-electron chi connectivity index (χ2n) is 7.52. The van der Waals surface area contributed by atoms with E-state index in [9.17, 15) is 18.0 Å². The normalized spacial score (nSPS) is 14.6. The van der Waals surface area contributed by atoms with Gasteiger partial charge in [0.2, 0.25) is 5.91 Å². The molecule has 3 N–H and O–H groups in total. The van der Waals surface area contributed by atoms with Gasteiger partial charge in [-0.1, -0.05) is 11.8 Å². The molecular weight excluding hydrogens is 475 g/mol. The van der Waals surface area contributed by atoms with E-state index in [0.717, 1.165) is 44.6 Å². The van der Waals surface area contributed by atoms with Crippen molar-refractivity contribution in [2.45, 2.75) is 25.2 Å². The monoisotopic (exact) mass is 497 g/mol. The number of nitrogen functional groups attached to an aromatic ring is 1. The molecule has 0 saturated carbocycles. The molecule has 1 aromatic carbocycles. The predicted octanol–water partition coefficient (Wildman–Crippen LogP) is 4.48. The lowest BCUT2D eigenvalue weighted by atomic mass is 10.1. The number of halogens is 3. The molecule has 0 atom stereocenters. The third kappa shape index (κ3) is 5.17. The van der Waals surface area contributed by atoms with Crippen LogP contribution in [0.4, 0.5) is 30.4 Å². The first kappa shape index (κ1) is 23.6. The van der Waals surface area contributed by atoms with Crippen molar-refractivity contribution in [2.75, 3.05) is 48.0 Å². The number of rotatable bonds is 5. The molecule has 0 spiro atoms. The molecule has 176 valence electrons. The van der Waals surface area contributed by atoms with Gasteiger partial charge in [-0.3, -0.25) is 4.79 Å². The number of aryl methyl sites for hydroxylation is 2. The lowest BCUT2D eigenvalue weighted by Gasteiger charge is -2.31. The summed E-state index contributed by atoms with van der Waals surface area (Å²) in [5.41, 5.74) is 6.92. The molecule has 0 radical (unpaired) electrons. The number of morpholine rings is 1. The Morgan fingerprint density at radius 2 is 2.00 bits per heavy atom. The third-order valence-corrected chi connectivity index (χ3v) is 7.27. The number of anilines is 3. The molecule has 0 bridgehead atoms. The van der Waals surface area contributed by atoms with Gasteiger partial charge in [-0.25, -0.2) is 9.97 Å². The minimum Gasteiger partial charge on any atom is -0.383 e. The minimum absolute atomic E-state index is 0.0763. The van der Waals surface area contributed by atoms with E-state index >= 15 is 0 Å². The summed E-state index contributed by atoms with van der Waals surface area (Å²) in [5, 5.41) is 3.78. The van der Waals surface area contributed by atoms with E-state index in [1.807, 2.05) is 18.7 Å². The predicted molar refractivity (Wildman–Crippen MR) is 125 cm³/mol. The second-order valence-corrected chi connectivity index (χ2v) is 9.67. The fourth-order valence-corrected chi connectivity index (χ4v) is 5.28. The largest absolute Gasteiger partial charge is 0.416 e. The Kier molecular flexibility index (Phi) is 6.68. The van der Waals surface area contributed by atoms with Crippen LogP contribution < -0.4 is 16.0 Å². The van der Waals surface area contributed by atoms with Crippen LogP contribution in [0.2, 0.25) is 0 Å². The first-order chi connectivity index (χ1) is 15.6. The summed E-state index contributed by atoms with van der Waals surface area (Å²) >= 11 is 2.58. The highest BCUT2D eigenvalue weighted by Crippen LogP contribution is 2.36. The number of hydrogen-bond acceptors (Lipinski definition) is 8. The molecule has 4 rings (SSSR count). The molecule has 33 heavy (non-hydrogen) atoms. The zero-order valence-electron chi connectivity index (χ0n) is 18.0. The van der Waals surface area contributed by atoms with Gasteiger partial charge in [-0.15, -0.1) is 11.3 Å². The van der Waals surface area contributed by atoms with Gasteiger partial charge in [0.1, 0.15) is 10.6 Å². The second kappa shape index (κ2) is 9.35. The molecule has 0 unspecified atom stereocenters. The van der Waals surface area contributed by atoms with Gasteiger partial charge in [0.25, 0.3) is 0 Å². The van der Waals surface area contributed by atoms with Crippen LogP contribution in [0.15, 0.2) is 23.4 Å². The highest BCUT2D eigenvalue weighted by atomic mass is 32.2. The number of alkyl halides is 3. The van der Waals surface area contributed by atoms with E-state index in [1.54, 1.807) is 0 Å². The minimum atomic E-state index is -4.52. The van der Waals surface area contributed by atoms with E-state index in [4.69, 9.17) is 10.5 Å². The van der Waals surface area contributed by atoms with Crippen LogP contribution in [0.1, 0.15) is 16.0 Å². The SMILES string of the molecule is Cc1sc2nc(SCC(=O)Nc3cc(C(F)(F)F)ccc3N3CCOCC3)nc(N)c2c1C. The Morgan fingerprint density at radius 3 is 2.70 bits per heavy atom. The summed E-state index contributed by atoms with van der Waals surface area (Å²) in [7, 11) is 0. The van der Waals surface area contributed by atoms with E-state index < -0.39 is 17.6 Å². The van der Waals surface area contributed by atoms with Gasteiger partial charge in [-0.2, -0.15) is 13.2 Å². The zero-order valence-corrected chi connectivity index (χ0v) is 19.6. The molecule has 2 aromatic heterocycles. The molecule has 1 fully saturated rings. The van der Waals surface area contributed by atoms with Crippen molar-refractivity contribution in [3.63, 3.8) is 0 Å². The first-order valence-corrected chi connectivity index (χ1v) is 11.9. The van der Waals surface area contributed by atoms with Crippen LogP contribution in [0.5, 0.6) is 0 Å². The standard InChI is InChI=1S/C21H22F3N5O2S2/c1-11-12(2)33-19-17(11)18(25)27-20(28-19)32-10-16(30)26-14-9-13(21(22,23)24)3-4-15(14)29-5-7-31-8-6-29/h3-4,9H,5-8,10H2,1-2H3,(H,26,30)(H2,25,27,28).